The van der Waals surface area contributed by atoms with Gasteiger partial charge in [-0.25, -0.2) is 4.79 Å². The zero-order valence-electron chi connectivity index (χ0n) is 12.1. The fourth-order valence-electron chi connectivity index (χ4n) is 2.36. The predicted octanol–water partition coefficient (Wildman–Crippen LogP) is 2.72. The monoisotopic (exact) mass is 296 g/mol. The molecule has 1 aliphatic rings. The van der Waals surface area contributed by atoms with Crippen LogP contribution in [-0.4, -0.2) is 17.9 Å². The maximum absolute atomic E-state index is 12.1. The molecule has 5 heteroatoms. The first-order chi connectivity index (χ1) is 10.6. The highest BCUT2D eigenvalue weighted by Gasteiger charge is 2.29. The molecule has 0 saturated carbocycles. The Morgan fingerprint density at radius 1 is 1.23 bits per heavy atom. The maximum Gasteiger partial charge on any atom is 0.334 e. The largest absolute Gasteiger partial charge is 0.423 e. The van der Waals surface area contributed by atoms with Gasteiger partial charge in [0.2, 0.25) is 5.91 Å². The van der Waals surface area contributed by atoms with Crippen molar-refractivity contribution in [3.8, 4) is 5.75 Å². The fraction of sp³-hybridized carbons (Fsp3) is 0.176. The molecule has 0 aromatic heterocycles. The first-order valence-corrected chi connectivity index (χ1v) is 7.05. The Hall–Kier alpha value is -2.82. The number of carbonyl (C=O) groups is 2. The number of hydrogen-bond donors (Lipinski definition) is 2. The average molecular weight is 296 g/mol. The first kappa shape index (κ1) is 14.1. The molecule has 0 saturated heterocycles. The molecule has 2 aromatic carbocycles. The van der Waals surface area contributed by atoms with Crippen molar-refractivity contribution in [2.24, 2.45) is 0 Å². The Kier molecular flexibility index (Phi) is 3.78. The van der Waals surface area contributed by atoms with E-state index in [1.807, 2.05) is 43.3 Å². The number of hydrogen-bond acceptors (Lipinski definition) is 4. The number of fused-ring (bicyclic) bond motifs is 1. The van der Waals surface area contributed by atoms with Crippen LogP contribution in [0.25, 0.3) is 0 Å². The summed E-state index contributed by atoms with van der Waals surface area (Å²) < 4.78 is 5.23. The van der Waals surface area contributed by atoms with Gasteiger partial charge in [-0.05, 0) is 36.8 Å². The second-order valence-electron chi connectivity index (χ2n) is 5.24. The Labute approximate surface area is 128 Å². The number of para-hydroxylation sites is 2. The van der Waals surface area contributed by atoms with E-state index in [1.54, 1.807) is 12.1 Å². The van der Waals surface area contributed by atoms with Crippen LogP contribution in [0, 0.1) is 6.92 Å². The quantitative estimate of drug-likeness (QED) is 0.675. The van der Waals surface area contributed by atoms with Gasteiger partial charge in [-0.2, -0.15) is 0 Å². The molecule has 1 unspecified atom stereocenters. The van der Waals surface area contributed by atoms with Gasteiger partial charge in [0.25, 0.3) is 0 Å². The van der Waals surface area contributed by atoms with Gasteiger partial charge in [-0.15, -0.1) is 0 Å². The molecule has 0 fully saturated rings. The van der Waals surface area contributed by atoms with Crippen LogP contribution in [0.15, 0.2) is 48.5 Å². The molecule has 22 heavy (non-hydrogen) atoms. The highest BCUT2D eigenvalue weighted by Crippen LogP contribution is 2.29. The highest BCUT2D eigenvalue weighted by atomic mass is 16.5. The first-order valence-electron chi connectivity index (χ1n) is 7.05. The summed E-state index contributed by atoms with van der Waals surface area (Å²) in [4.78, 5) is 24.0. The maximum atomic E-state index is 12.1. The Morgan fingerprint density at radius 2 is 2.05 bits per heavy atom. The molecule has 1 atom stereocenters. The Morgan fingerprint density at radius 3 is 2.86 bits per heavy atom. The van der Waals surface area contributed by atoms with Gasteiger partial charge in [-0.3, -0.25) is 4.79 Å². The van der Waals surface area contributed by atoms with Gasteiger partial charge >= 0.3 is 5.97 Å². The summed E-state index contributed by atoms with van der Waals surface area (Å²) in [6, 6.07) is 14.0. The van der Waals surface area contributed by atoms with Crippen molar-refractivity contribution in [1.82, 2.24) is 0 Å². The summed E-state index contributed by atoms with van der Waals surface area (Å²) in [5.74, 6) is -0.194. The van der Waals surface area contributed by atoms with Gasteiger partial charge in [0.15, 0.2) is 5.75 Å². The third-order valence-corrected chi connectivity index (χ3v) is 3.40. The van der Waals surface area contributed by atoms with E-state index < -0.39 is 12.0 Å². The smallest absolute Gasteiger partial charge is 0.334 e. The lowest BCUT2D eigenvalue weighted by Gasteiger charge is -2.25. The van der Waals surface area contributed by atoms with Crippen molar-refractivity contribution in [3.05, 3.63) is 54.1 Å². The van der Waals surface area contributed by atoms with Gasteiger partial charge < -0.3 is 15.4 Å². The van der Waals surface area contributed by atoms with Gasteiger partial charge in [0.05, 0.1) is 12.1 Å². The summed E-state index contributed by atoms with van der Waals surface area (Å²) in [5.41, 5.74) is 2.49. The van der Waals surface area contributed by atoms with Crippen LogP contribution in [0.5, 0.6) is 5.75 Å². The van der Waals surface area contributed by atoms with Crippen LogP contribution < -0.4 is 15.4 Å². The van der Waals surface area contributed by atoms with E-state index in [-0.39, 0.29) is 12.3 Å². The topological polar surface area (TPSA) is 67.4 Å². The Balaban J connectivity index is 1.66. The number of anilines is 2. The SMILES string of the molecule is Cc1cccc(NC(=O)CC2Nc3ccccc3OC2=O)c1. The predicted molar refractivity (Wildman–Crippen MR) is 83.9 cm³/mol. The van der Waals surface area contributed by atoms with Crippen molar-refractivity contribution >= 4 is 23.3 Å². The van der Waals surface area contributed by atoms with E-state index >= 15 is 0 Å². The van der Waals surface area contributed by atoms with Crippen molar-refractivity contribution in [3.63, 3.8) is 0 Å². The lowest BCUT2D eigenvalue weighted by atomic mass is 10.1. The third kappa shape index (κ3) is 3.09. The average Bonchev–Trinajstić information content (AvgIpc) is 2.48. The molecule has 2 aromatic rings. The van der Waals surface area contributed by atoms with Crippen LogP contribution in [0.1, 0.15) is 12.0 Å². The van der Waals surface area contributed by atoms with Crippen LogP contribution >= 0.6 is 0 Å². The van der Waals surface area contributed by atoms with Crippen molar-refractivity contribution in [2.45, 2.75) is 19.4 Å². The number of carbonyl (C=O) groups excluding carboxylic acids is 2. The van der Waals surface area contributed by atoms with E-state index in [4.69, 9.17) is 4.74 Å². The minimum Gasteiger partial charge on any atom is -0.423 e. The van der Waals surface area contributed by atoms with Crippen molar-refractivity contribution < 1.29 is 14.3 Å². The minimum absolute atomic E-state index is 0.0150. The van der Waals surface area contributed by atoms with E-state index in [0.29, 0.717) is 5.75 Å². The number of ether oxygens (including phenoxy) is 1. The third-order valence-electron chi connectivity index (χ3n) is 3.40. The summed E-state index contributed by atoms with van der Waals surface area (Å²) >= 11 is 0. The zero-order chi connectivity index (χ0) is 15.5. The molecule has 1 amide bonds. The lowest BCUT2D eigenvalue weighted by molar-refractivity contribution is -0.137. The molecule has 0 bridgehead atoms. The normalized spacial score (nSPS) is 16.2. The second-order valence-corrected chi connectivity index (χ2v) is 5.24. The fourth-order valence-corrected chi connectivity index (χ4v) is 2.36. The molecule has 1 aliphatic heterocycles. The standard InChI is InChI=1S/C17H16N2O3/c1-11-5-4-6-12(9-11)18-16(20)10-14-17(21)22-15-8-3-2-7-13(15)19-14/h2-9,14,19H,10H2,1H3,(H,18,20). The molecular formula is C17H16N2O3. The number of esters is 1. The summed E-state index contributed by atoms with van der Waals surface area (Å²) in [6.45, 7) is 1.95. The van der Waals surface area contributed by atoms with Crippen molar-refractivity contribution in [1.29, 1.82) is 0 Å². The van der Waals surface area contributed by atoms with Crippen molar-refractivity contribution in [2.75, 3.05) is 10.6 Å². The van der Waals surface area contributed by atoms with Crippen LogP contribution in [-0.2, 0) is 9.59 Å². The molecule has 112 valence electrons. The molecule has 0 aliphatic carbocycles. The van der Waals surface area contributed by atoms with E-state index in [0.717, 1.165) is 16.9 Å². The molecule has 2 N–H and O–H groups in total. The lowest BCUT2D eigenvalue weighted by Crippen LogP contribution is -2.39. The number of rotatable bonds is 3. The zero-order valence-corrected chi connectivity index (χ0v) is 12.1. The summed E-state index contributed by atoms with van der Waals surface area (Å²) in [5, 5.41) is 5.83. The summed E-state index contributed by atoms with van der Waals surface area (Å²) in [7, 11) is 0. The molecular weight excluding hydrogens is 280 g/mol. The molecule has 1 heterocycles. The van der Waals surface area contributed by atoms with Gasteiger partial charge in [-0.1, -0.05) is 24.3 Å². The molecule has 0 radical (unpaired) electrons. The molecule has 3 rings (SSSR count). The van der Waals surface area contributed by atoms with Gasteiger partial charge in [0, 0.05) is 5.69 Å². The van der Waals surface area contributed by atoms with E-state index in [2.05, 4.69) is 10.6 Å². The van der Waals surface area contributed by atoms with Crippen LogP contribution in [0.2, 0.25) is 0 Å². The van der Waals surface area contributed by atoms with Crippen LogP contribution in [0.4, 0.5) is 11.4 Å². The highest BCUT2D eigenvalue weighted by molar-refractivity contribution is 5.97. The number of aryl methyl sites for hydroxylation is 1. The number of nitrogens with one attached hydrogen (secondary N) is 2. The number of amides is 1. The second kappa shape index (κ2) is 5.89. The molecule has 5 nitrogen and oxygen atoms in total. The minimum atomic E-state index is -0.681. The van der Waals surface area contributed by atoms with Gasteiger partial charge in [0.1, 0.15) is 6.04 Å². The van der Waals surface area contributed by atoms with E-state index in [9.17, 15) is 9.59 Å². The summed E-state index contributed by atoms with van der Waals surface area (Å²) in [6.07, 6.45) is 0.0150. The van der Waals surface area contributed by atoms with Crippen LogP contribution in [0.3, 0.4) is 0 Å². The molecule has 0 spiro atoms. The van der Waals surface area contributed by atoms with E-state index in [1.165, 1.54) is 0 Å². The number of benzene rings is 2. The Bertz CT molecular complexity index is 727.